The van der Waals surface area contributed by atoms with Crippen molar-refractivity contribution in [3.63, 3.8) is 0 Å². The smallest absolute Gasteiger partial charge is 0.0690 e. The summed E-state index contributed by atoms with van der Waals surface area (Å²) in [6.45, 7) is 0. The maximum absolute atomic E-state index is 3.42. The molecule has 0 atom stereocenters. The first-order chi connectivity index (χ1) is 2.50. The zero-order valence-electron chi connectivity index (χ0n) is 3.00. The Morgan fingerprint density at radius 3 is 2.50 bits per heavy atom. The monoisotopic (exact) mass is 86.0 g/mol. The number of aromatic amines is 1. The van der Waals surface area contributed by atoms with Crippen LogP contribution in [-0.4, -0.2) is 20.9 Å². The normalized spacial score (nSPS) is 6.67. The number of hydrogen-bond acceptors (Lipinski definition) is 2. The van der Waals surface area contributed by atoms with Crippen LogP contribution in [0.15, 0.2) is 12.4 Å². The molecule has 0 bridgehead atoms. The molecule has 1 aromatic rings. The van der Waals surface area contributed by atoms with Gasteiger partial charge in [0.15, 0.2) is 0 Å². The largest absolute Gasteiger partial charge is 0.266 e. The van der Waals surface area contributed by atoms with E-state index in [1.165, 1.54) is 0 Å². The van der Waals surface area contributed by atoms with Crippen LogP contribution >= 0.6 is 0 Å². The number of aromatic nitrogens is 3. The molecule has 1 heterocycles. The summed E-state index contributed by atoms with van der Waals surface area (Å²) in [7, 11) is 0. The van der Waals surface area contributed by atoms with Gasteiger partial charge in [-0.05, 0) is 0 Å². The van der Waals surface area contributed by atoms with E-state index in [-0.39, 0.29) is 5.48 Å². The predicted octanol–water partition coefficient (Wildman–Crippen LogP) is -0.372. The topological polar surface area (TPSA) is 71.6 Å². The summed E-state index contributed by atoms with van der Waals surface area (Å²) in [6.07, 6.45) is 3.24. The average Bonchev–Trinajstić information content (AvgIpc) is 1.76. The molecule has 0 amide bonds. The van der Waals surface area contributed by atoms with Crippen molar-refractivity contribution in [1.29, 1.82) is 0 Å². The van der Waals surface area contributed by atoms with Gasteiger partial charge in [0.25, 0.3) is 0 Å². The zero-order valence-corrected chi connectivity index (χ0v) is 3.00. The molecule has 4 nitrogen and oxygen atoms in total. The third-order valence-corrected chi connectivity index (χ3v) is 0.331. The summed E-state index contributed by atoms with van der Waals surface area (Å²) >= 11 is 0. The molecule has 1 rings (SSSR count). The number of H-pyrrole nitrogens is 1. The van der Waals surface area contributed by atoms with Crippen molar-refractivity contribution in [2.75, 3.05) is 0 Å². The molecular formula is C2H4N3O. The van der Waals surface area contributed by atoms with E-state index in [2.05, 4.69) is 15.4 Å². The summed E-state index contributed by atoms with van der Waals surface area (Å²) < 4.78 is 0. The SMILES string of the molecule is [OH].c1c[nH]nn1. The number of rotatable bonds is 0. The molecule has 1 aromatic heterocycles. The van der Waals surface area contributed by atoms with Crippen molar-refractivity contribution in [2.45, 2.75) is 0 Å². The molecule has 1 radical (unpaired) electrons. The van der Waals surface area contributed by atoms with Gasteiger partial charge < -0.3 is 0 Å². The highest BCUT2D eigenvalue weighted by Gasteiger charge is 1.57. The summed E-state index contributed by atoms with van der Waals surface area (Å²) in [6, 6.07) is 0. The first-order valence-electron chi connectivity index (χ1n) is 1.30. The molecule has 0 unspecified atom stereocenters. The summed E-state index contributed by atoms with van der Waals surface area (Å²) in [5.41, 5.74) is 0. The molecule has 0 aliphatic rings. The molecule has 0 saturated carbocycles. The third-order valence-electron chi connectivity index (χ3n) is 0.331. The molecule has 0 spiro atoms. The van der Waals surface area contributed by atoms with Gasteiger partial charge >= 0.3 is 0 Å². The van der Waals surface area contributed by atoms with E-state index < -0.39 is 0 Å². The lowest BCUT2D eigenvalue weighted by molar-refractivity contribution is 0.824. The van der Waals surface area contributed by atoms with E-state index in [0.717, 1.165) is 0 Å². The van der Waals surface area contributed by atoms with E-state index in [9.17, 15) is 0 Å². The van der Waals surface area contributed by atoms with Crippen molar-refractivity contribution in [2.24, 2.45) is 0 Å². The molecule has 6 heavy (non-hydrogen) atoms. The van der Waals surface area contributed by atoms with Gasteiger partial charge in [0.2, 0.25) is 0 Å². The number of nitrogens with zero attached hydrogens (tertiary/aromatic N) is 2. The van der Waals surface area contributed by atoms with Crippen LogP contribution in [0.4, 0.5) is 0 Å². The molecule has 0 fully saturated rings. The number of hydrogen-bond donors (Lipinski definition) is 2. The minimum Gasteiger partial charge on any atom is -0.266 e. The van der Waals surface area contributed by atoms with Crippen molar-refractivity contribution < 1.29 is 5.48 Å². The van der Waals surface area contributed by atoms with Gasteiger partial charge in [-0.1, -0.05) is 5.21 Å². The second-order valence-corrected chi connectivity index (χ2v) is 0.660. The van der Waals surface area contributed by atoms with Crippen LogP contribution in [0.2, 0.25) is 0 Å². The lowest BCUT2D eigenvalue weighted by atomic mass is 11.0. The minimum atomic E-state index is 0. The van der Waals surface area contributed by atoms with Crippen LogP contribution in [0.5, 0.6) is 0 Å². The van der Waals surface area contributed by atoms with Crippen LogP contribution in [-0.2, 0) is 0 Å². The highest BCUT2D eigenvalue weighted by molar-refractivity contribution is 4.54. The van der Waals surface area contributed by atoms with E-state index in [1.807, 2.05) is 0 Å². The standard InChI is InChI=1S/C2H3N3.HO/c1-2-4-5-3-1;/h1-2H,(H,3,4,5);1H. The quantitative estimate of drug-likeness (QED) is 0.452. The van der Waals surface area contributed by atoms with Gasteiger partial charge in [-0.2, -0.15) is 0 Å². The zero-order chi connectivity index (χ0) is 3.54. The first kappa shape index (κ1) is 5.10. The minimum absolute atomic E-state index is 0. The summed E-state index contributed by atoms with van der Waals surface area (Å²) in [4.78, 5) is 0. The lowest BCUT2D eigenvalue weighted by Crippen LogP contribution is -1.61. The van der Waals surface area contributed by atoms with Crippen LogP contribution in [0.3, 0.4) is 0 Å². The Kier molecular flexibility index (Phi) is 1.99. The Balaban J connectivity index is 0.000000250. The Hall–Kier alpha value is -0.900. The highest BCUT2D eigenvalue weighted by atomic mass is 16.0. The fourth-order valence-corrected chi connectivity index (χ4v) is 0.167. The molecule has 2 N–H and O–H groups in total. The van der Waals surface area contributed by atoms with E-state index in [4.69, 9.17) is 0 Å². The highest BCUT2D eigenvalue weighted by Crippen LogP contribution is 1.55. The van der Waals surface area contributed by atoms with Gasteiger partial charge in [0, 0.05) is 6.20 Å². The van der Waals surface area contributed by atoms with E-state index >= 15 is 0 Å². The molecular weight excluding hydrogens is 82.0 g/mol. The lowest BCUT2D eigenvalue weighted by Gasteiger charge is -1.46. The Morgan fingerprint density at radius 2 is 2.33 bits per heavy atom. The fraction of sp³-hybridized carbons (Fsp3) is 0. The Bertz CT molecular complexity index is 65.3. The molecule has 4 heteroatoms. The van der Waals surface area contributed by atoms with Crippen LogP contribution in [0.25, 0.3) is 0 Å². The fourth-order valence-electron chi connectivity index (χ4n) is 0.167. The molecule has 0 aliphatic carbocycles. The third kappa shape index (κ3) is 0.813. The molecule has 0 saturated heterocycles. The summed E-state index contributed by atoms with van der Waals surface area (Å²) in [5.74, 6) is 0. The maximum atomic E-state index is 3.42. The van der Waals surface area contributed by atoms with Crippen LogP contribution in [0.1, 0.15) is 0 Å². The molecule has 33 valence electrons. The van der Waals surface area contributed by atoms with Crippen molar-refractivity contribution in [3.8, 4) is 0 Å². The van der Waals surface area contributed by atoms with Gasteiger partial charge in [-0.25, -0.2) is 0 Å². The van der Waals surface area contributed by atoms with Crippen molar-refractivity contribution >= 4 is 0 Å². The first-order valence-corrected chi connectivity index (χ1v) is 1.30. The van der Waals surface area contributed by atoms with Crippen molar-refractivity contribution in [3.05, 3.63) is 12.4 Å². The molecule has 0 aliphatic heterocycles. The van der Waals surface area contributed by atoms with Gasteiger partial charge in [-0.15, -0.1) is 5.10 Å². The van der Waals surface area contributed by atoms with Gasteiger partial charge in [-0.3, -0.25) is 10.6 Å². The second-order valence-electron chi connectivity index (χ2n) is 0.660. The van der Waals surface area contributed by atoms with Crippen molar-refractivity contribution in [1.82, 2.24) is 15.4 Å². The van der Waals surface area contributed by atoms with E-state index in [0.29, 0.717) is 0 Å². The van der Waals surface area contributed by atoms with Crippen LogP contribution < -0.4 is 0 Å². The van der Waals surface area contributed by atoms with Gasteiger partial charge in [0.05, 0.1) is 6.20 Å². The maximum Gasteiger partial charge on any atom is 0.0690 e. The van der Waals surface area contributed by atoms with Gasteiger partial charge in [0.1, 0.15) is 0 Å². The predicted molar refractivity (Wildman–Crippen MR) is 18.3 cm³/mol. The second kappa shape index (κ2) is 2.34. The van der Waals surface area contributed by atoms with Crippen LogP contribution in [0, 0.1) is 0 Å². The Morgan fingerprint density at radius 1 is 1.50 bits per heavy atom. The average molecular weight is 86.1 g/mol. The number of nitrogens with one attached hydrogen (secondary N) is 1. The summed E-state index contributed by atoms with van der Waals surface area (Å²) in [5, 5.41) is 9.26. The Labute approximate surface area is 34.5 Å². The molecule has 0 aromatic carbocycles. The van der Waals surface area contributed by atoms with E-state index in [1.54, 1.807) is 12.4 Å².